The summed E-state index contributed by atoms with van der Waals surface area (Å²) >= 11 is 6.34. The van der Waals surface area contributed by atoms with Gasteiger partial charge in [-0.25, -0.2) is 9.97 Å². The van der Waals surface area contributed by atoms with Crippen molar-refractivity contribution in [3.05, 3.63) is 71.6 Å². The number of fused-ring (bicyclic) bond motifs is 1. The van der Waals surface area contributed by atoms with E-state index in [-0.39, 0.29) is 0 Å². The van der Waals surface area contributed by atoms with E-state index in [4.69, 9.17) is 11.6 Å². The number of hydrogen-bond acceptors (Lipinski definition) is 3. The van der Waals surface area contributed by atoms with Gasteiger partial charge in [-0.05, 0) is 30.2 Å². The molecule has 0 saturated heterocycles. The molecule has 2 aromatic heterocycles. The second-order valence-electron chi connectivity index (χ2n) is 5.88. The molecule has 0 unspecified atom stereocenters. The second kappa shape index (κ2) is 6.22. The first-order valence-corrected chi connectivity index (χ1v) is 8.42. The summed E-state index contributed by atoms with van der Waals surface area (Å²) in [5.74, 6) is 0.806. The molecular formula is C20H17ClN4. The van der Waals surface area contributed by atoms with Crippen LogP contribution in [0.15, 0.2) is 61.1 Å². The maximum atomic E-state index is 6.34. The van der Waals surface area contributed by atoms with E-state index >= 15 is 0 Å². The van der Waals surface area contributed by atoms with E-state index < -0.39 is 0 Å². The first-order valence-electron chi connectivity index (χ1n) is 8.05. The number of nitrogens with one attached hydrogen (secondary N) is 1. The number of aryl methyl sites for hydroxylation is 1. The third-order valence-electron chi connectivity index (χ3n) is 4.34. The summed E-state index contributed by atoms with van der Waals surface area (Å²) in [5.41, 5.74) is 5.07. The van der Waals surface area contributed by atoms with Gasteiger partial charge >= 0.3 is 0 Å². The second-order valence-corrected chi connectivity index (χ2v) is 6.29. The van der Waals surface area contributed by atoms with Crippen molar-refractivity contribution in [1.82, 2.24) is 14.5 Å². The van der Waals surface area contributed by atoms with E-state index in [0.717, 1.165) is 44.3 Å². The highest BCUT2D eigenvalue weighted by molar-refractivity contribution is 6.31. The van der Waals surface area contributed by atoms with Crippen LogP contribution in [0.25, 0.3) is 27.8 Å². The number of aromatic nitrogens is 3. The molecule has 0 amide bonds. The molecule has 4 nitrogen and oxygen atoms in total. The summed E-state index contributed by atoms with van der Waals surface area (Å²) < 4.78 is 2.06. The predicted molar refractivity (Wildman–Crippen MR) is 104 cm³/mol. The molecule has 0 atom stereocenters. The third-order valence-corrected chi connectivity index (χ3v) is 4.75. The van der Waals surface area contributed by atoms with E-state index in [1.54, 1.807) is 6.33 Å². The molecule has 0 spiro atoms. The minimum absolute atomic E-state index is 0.739. The average molecular weight is 349 g/mol. The molecule has 1 N–H and O–H groups in total. The predicted octanol–water partition coefficient (Wildman–Crippen LogP) is 5.09. The number of rotatable bonds is 3. The average Bonchev–Trinajstić information content (AvgIpc) is 3.04. The topological polar surface area (TPSA) is 42.7 Å². The van der Waals surface area contributed by atoms with Gasteiger partial charge in [0.15, 0.2) is 5.65 Å². The minimum atomic E-state index is 0.739. The molecule has 0 bridgehead atoms. The van der Waals surface area contributed by atoms with Crippen molar-refractivity contribution in [2.24, 2.45) is 0 Å². The number of hydrogen-bond donors (Lipinski definition) is 1. The van der Waals surface area contributed by atoms with Gasteiger partial charge in [-0.15, -0.1) is 0 Å². The van der Waals surface area contributed by atoms with Gasteiger partial charge in [0, 0.05) is 29.5 Å². The maximum Gasteiger partial charge on any atom is 0.150 e. The molecule has 0 fully saturated rings. The Morgan fingerprint density at radius 3 is 2.56 bits per heavy atom. The molecule has 25 heavy (non-hydrogen) atoms. The van der Waals surface area contributed by atoms with Crippen LogP contribution in [0.4, 0.5) is 5.82 Å². The molecule has 0 aliphatic rings. The lowest BCUT2D eigenvalue weighted by Crippen LogP contribution is -1.97. The summed E-state index contributed by atoms with van der Waals surface area (Å²) in [6.45, 7) is 2.00. The van der Waals surface area contributed by atoms with Crippen LogP contribution in [0, 0.1) is 6.92 Å². The Hall–Kier alpha value is -2.85. The Morgan fingerprint density at radius 1 is 1.04 bits per heavy atom. The SMILES string of the molecule is CNc1ncnc2c1c(-c1ccccc1)cn2-c1ccc(C)c(Cl)c1. The summed E-state index contributed by atoms with van der Waals surface area (Å²) in [5, 5.41) is 4.91. The van der Waals surface area contributed by atoms with Crippen molar-refractivity contribution >= 4 is 28.5 Å². The number of nitrogens with zero attached hydrogens (tertiary/aromatic N) is 3. The smallest absolute Gasteiger partial charge is 0.150 e. The lowest BCUT2D eigenvalue weighted by molar-refractivity contribution is 1.07. The summed E-state index contributed by atoms with van der Waals surface area (Å²) in [7, 11) is 1.87. The molecule has 0 saturated carbocycles. The Kier molecular flexibility index (Phi) is 3.90. The van der Waals surface area contributed by atoms with Gasteiger partial charge < -0.3 is 9.88 Å². The van der Waals surface area contributed by atoms with Crippen LogP contribution in [0.3, 0.4) is 0 Å². The monoisotopic (exact) mass is 348 g/mol. The Bertz CT molecular complexity index is 1050. The van der Waals surface area contributed by atoms with Crippen molar-refractivity contribution in [3.63, 3.8) is 0 Å². The highest BCUT2D eigenvalue weighted by Gasteiger charge is 2.16. The fourth-order valence-electron chi connectivity index (χ4n) is 3.02. The van der Waals surface area contributed by atoms with Crippen LogP contribution in [-0.2, 0) is 0 Å². The van der Waals surface area contributed by atoms with Crippen molar-refractivity contribution in [2.75, 3.05) is 12.4 Å². The first-order chi connectivity index (χ1) is 12.2. The zero-order valence-corrected chi connectivity index (χ0v) is 14.7. The van der Waals surface area contributed by atoms with Crippen molar-refractivity contribution in [3.8, 4) is 16.8 Å². The van der Waals surface area contributed by atoms with Crippen LogP contribution >= 0.6 is 11.6 Å². The highest BCUT2D eigenvalue weighted by atomic mass is 35.5. The molecule has 2 aromatic carbocycles. The van der Waals surface area contributed by atoms with E-state index in [2.05, 4.69) is 44.2 Å². The molecule has 2 heterocycles. The molecular weight excluding hydrogens is 332 g/mol. The zero-order chi connectivity index (χ0) is 17.4. The van der Waals surface area contributed by atoms with E-state index in [9.17, 15) is 0 Å². The molecule has 0 aliphatic heterocycles. The van der Waals surface area contributed by atoms with Crippen molar-refractivity contribution in [1.29, 1.82) is 0 Å². The normalized spacial score (nSPS) is 11.0. The third kappa shape index (κ3) is 2.65. The van der Waals surface area contributed by atoms with Gasteiger partial charge in [0.05, 0.1) is 5.39 Å². The van der Waals surface area contributed by atoms with Crippen LogP contribution < -0.4 is 5.32 Å². The Morgan fingerprint density at radius 2 is 1.84 bits per heavy atom. The van der Waals surface area contributed by atoms with E-state index in [1.807, 2.05) is 44.3 Å². The van der Waals surface area contributed by atoms with Crippen molar-refractivity contribution < 1.29 is 0 Å². The highest BCUT2D eigenvalue weighted by Crippen LogP contribution is 2.35. The number of benzene rings is 2. The van der Waals surface area contributed by atoms with Crippen molar-refractivity contribution in [2.45, 2.75) is 6.92 Å². The zero-order valence-electron chi connectivity index (χ0n) is 14.0. The molecule has 4 rings (SSSR count). The molecule has 5 heteroatoms. The van der Waals surface area contributed by atoms with E-state index in [0.29, 0.717) is 0 Å². The van der Waals surface area contributed by atoms with E-state index in [1.165, 1.54) is 0 Å². The van der Waals surface area contributed by atoms with Gasteiger partial charge in [0.2, 0.25) is 0 Å². The summed E-state index contributed by atoms with van der Waals surface area (Å²) in [4.78, 5) is 8.92. The Labute approximate surface area is 151 Å². The summed E-state index contributed by atoms with van der Waals surface area (Å²) in [6.07, 6.45) is 3.67. The van der Waals surface area contributed by atoms with Gasteiger partial charge in [0.1, 0.15) is 12.1 Å². The van der Waals surface area contributed by atoms with Gasteiger partial charge in [0.25, 0.3) is 0 Å². The molecule has 124 valence electrons. The molecule has 0 aliphatic carbocycles. The fraction of sp³-hybridized carbons (Fsp3) is 0.100. The number of halogens is 1. The van der Waals surface area contributed by atoms with Gasteiger partial charge in [-0.3, -0.25) is 0 Å². The maximum absolute atomic E-state index is 6.34. The van der Waals surface area contributed by atoms with Crippen LogP contribution in [0.1, 0.15) is 5.56 Å². The van der Waals surface area contributed by atoms with Crippen LogP contribution in [0.2, 0.25) is 5.02 Å². The van der Waals surface area contributed by atoms with Gasteiger partial charge in [-0.2, -0.15) is 0 Å². The lowest BCUT2D eigenvalue weighted by Gasteiger charge is -2.07. The molecule has 0 radical (unpaired) electrons. The summed E-state index contributed by atoms with van der Waals surface area (Å²) in [6, 6.07) is 16.3. The van der Waals surface area contributed by atoms with Gasteiger partial charge in [-0.1, -0.05) is 48.0 Å². The quantitative estimate of drug-likeness (QED) is 0.560. The first kappa shape index (κ1) is 15.7. The minimum Gasteiger partial charge on any atom is -0.372 e. The van der Waals surface area contributed by atoms with Crippen LogP contribution in [-0.4, -0.2) is 21.6 Å². The number of anilines is 1. The molecule has 4 aromatic rings. The largest absolute Gasteiger partial charge is 0.372 e. The fourth-order valence-corrected chi connectivity index (χ4v) is 3.19. The van der Waals surface area contributed by atoms with Crippen LogP contribution in [0.5, 0.6) is 0 Å². The standard InChI is InChI=1S/C20H17ClN4/c1-13-8-9-15(10-17(13)21)25-11-16(14-6-4-3-5-7-14)18-19(22-2)23-12-24-20(18)25/h3-12H,1-2H3,(H,22,23,24). The lowest BCUT2D eigenvalue weighted by atomic mass is 10.1. The Balaban J connectivity index is 2.05.